The summed E-state index contributed by atoms with van der Waals surface area (Å²) >= 11 is 0. The fourth-order valence-corrected chi connectivity index (χ4v) is 4.18. The van der Waals surface area contributed by atoms with Crippen molar-refractivity contribution in [2.45, 2.75) is 13.5 Å². The number of benzene rings is 3. The van der Waals surface area contributed by atoms with E-state index >= 15 is 0 Å². The predicted molar refractivity (Wildman–Crippen MR) is 144 cm³/mol. The molecule has 0 aromatic heterocycles. The highest BCUT2D eigenvalue weighted by Gasteiger charge is 2.25. The average molecular weight is 520 g/mol. The van der Waals surface area contributed by atoms with E-state index in [1.54, 1.807) is 66.6 Å². The summed E-state index contributed by atoms with van der Waals surface area (Å²) in [5.74, 6) is -0.205. The zero-order valence-corrected chi connectivity index (χ0v) is 21.3. The molecular weight excluding hydrogens is 489 g/mol. The van der Waals surface area contributed by atoms with Gasteiger partial charge in [0.05, 0.1) is 12.7 Å². The van der Waals surface area contributed by atoms with E-state index in [0.717, 1.165) is 5.56 Å². The Morgan fingerprint density at radius 1 is 0.868 bits per heavy atom. The molecule has 0 spiro atoms. The quantitative estimate of drug-likeness (QED) is 0.437. The Kier molecular flexibility index (Phi) is 8.42. The maximum Gasteiger partial charge on any atom is 0.321 e. The van der Waals surface area contributed by atoms with Crippen molar-refractivity contribution in [1.29, 1.82) is 0 Å². The molecule has 1 heterocycles. The summed E-state index contributed by atoms with van der Waals surface area (Å²) in [6.45, 7) is 3.60. The lowest BCUT2D eigenvalue weighted by molar-refractivity contribution is -0.114. The van der Waals surface area contributed by atoms with Gasteiger partial charge < -0.3 is 30.5 Å². The van der Waals surface area contributed by atoms with Crippen molar-refractivity contribution in [2.24, 2.45) is 0 Å². The number of carbonyl (C=O) groups is 3. The van der Waals surface area contributed by atoms with Gasteiger partial charge in [-0.05, 0) is 60.2 Å². The SMILES string of the molecule is COc1ccc(NC(=O)N2CCN(c3ccc(NC(C)=O)cc3C(=O)NCc3ccc(F)cc3)CC2)cc1. The van der Waals surface area contributed by atoms with Crippen LogP contribution in [-0.4, -0.2) is 56.0 Å². The largest absolute Gasteiger partial charge is 0.497 e. The molecule has 0 atom stereocenters. The number of hydrogen-bond acceptors (Lipinski definition) is 5. The van der Waals surface area contributed by atoms with Gasteiger partial charge in [-0.15, -0.1) is 0 Å². The van der Waals surface area contributed by atoms with Gasteiger partial charge in [0, 0.05) is 56.7 Å². The standard InChI is InChI=1S/C28H30FN5O4/c1-19(35)31-23-9-12-26(25(17-23)27(36)30-18-20-3-5-21(29)6-4-20)33-13-15-34(16-14-33)28(37)32-22-7-10-24(38-2)11-8-22/h3-12,17H,13-16,18H2,1-2H3,(H,30,36)(H,31,35)(H,32,37). The minimum Gasteiger partial charge on any atom is -0.497 e. The van der Waals surface area contributed by atoms with Crippen LogP contribution in [0.25, 0.3) is 0 Å². The lowest BCUT2D eigenvalue weighted by atomic mass is 10.1. The fraction of sp³-hybridized carbons (Fsp3) is 0.250. The maximum absolute atomic E-state index is 13.2. The van der Waals surface area contributed by atoms with Gasteiger partial charge in [-0.2, -0.15) is 0 Å². The maximum atomic E-state index is 13.2. The first-order chi connectivity index (χ1) is 18.3. The van der Waals surface area contributed by atoms with Crippen LogP contribution in [0.2, 0.25) is 0 Å². The molecule has 9 nitrogen and oxygen atoms in total. The molecule has 4 amide bonds. The van der Waals surface area contributed by atoms with E-state index in [0.29, 0.717) is 54.6 Å². The normalized spacial score (nSPS) is 13.0. The molecule has 1 aliphatic rings. The molecule has 38 heavy (non-hydrogen) atoms. The Hall–Kier alpha value is -4.60. The molecule has 0 radical (unpaired) electrons. The zero-order valence-electron chi connectivity index (χ0n) is 21.3. The second kappa shape index (κ2) is 12.1. The van der Waals surface area contributed by atoms with Crippen molar-refractivity contribution in [3.8, 4) is 5.75 Å². The van der Waals surface area contributed by atoms with Crippen molar-refractivity contribution in [3.05, 3.63) is 83.7 Å². The van der Waals surface area contributed by atoms with Crippen molar-refractivity contribution in [1.82, 2.24) is 10.2 Å². The van der Waals surface area contributed by atoms with Gasteiger partial charge in [0.15, 0.2) is 0 Å². The second-order valence-electron chi connectivity index (χ2n) is 8.86. The first-order valence-electron chi connectivity index (χ1n) is 12.2. The number of nitrogens with zero attached hydrogens (tertiary/aromatic N) is 2. The molecule has 3 aromatic carbocycles. The molecule has 0 unspecified atom stereocenters. The molecule has 198 valence electrons. The van der Waals surface area contributed by atoms with Crippen molar-refractivity contribution in [3.63, 3.8) is 0 Å². The predicted octanol–water partition coefficient (Wildman–Crippen LogP) is 4.08. The van der Waals surface area contributed by atoms with Gasteiger partial charge in [-0.3, -0.25) is 9.59 Å². The first-order valence-corrected chi connectivity index (χ1v) is 12.2. The minimum atomic E-state index is -0.345. The molecule has 1 aliphatic heterocycles. The monoisotopic (exact) mass is 519 g/mol. The highest BCUT2D eigenvalue weighted by Crippen LogP contribution is 2.26. The molecule has 0 aliphatic carbocycles. The third-order valence-corrected chi connectivity index (χ3v) is 6.18. The van der Waals surface area contributed by atoms with E-state index in [1.807, 2.05) is 4.90 Å². The molecule has 4 rings (SSSR count). The number of hydrogen-bond donors (Lipinski definition) is 3. The number of nitrogens with one attached hydrogen (secondary N) is 3. The number of amides is 4. The highest BCUT2D eigenvalue weighted by atomic mass is 19.1. The highest BCUT2D eigenvalue weighted by molar-refractivity contribution is 6.02. The topological polar surface area (TPSA) is 103 Å². The summed E-state index contributed by atoms with van der Waals surface area (Å²) in [6.07, 6.45) is 0. The Morgan fingerprint density at radius 3 is 2.16 bits per heavy atom. The van der Waals surface area contributed by atoms with Crippen LogP contribution in [0, 0.1) is 5.82 Å². The van der Waals surface area contributed by atoms with E-state index in [9.17, 15) is 18.8 Å². The molecule has 0 saturated carbocycles. The van der Waals surface area contributed by atoms with Gasteiger partial charge in [0.25, 0.3) is 5.91 Å². The van der Waals surface area contributed by atoms with Crippen molar-refractivity contribution in [2.75, 3.05) is 48.8 Å². The smallest absolute Gasteiger partial charge is 0.321 e. The van der Waals surface area contributed by atoms with E-state index in [4.69, 9.17) is 4.74 Å². The van der Waals surface area contributed by atoms with Crippen molar-refractivity contribution >= 4 is 34.9 Å². The second-order valence-corrected chi connectivity index (χ2v) is 8.86. The van der Waals surface area contributed by atoms with Gasteiger partial charge in [-0.25, -0.2) is 9.18 Å². The van der Waals surface area contributed by atoms with Crippen LogP contribution in [0.15, 0.2) is 66.7 Å². The van der Waals surface area contributed by atoms with Crippen LogP contribution in [0.4, 0.5) is 26.2 Å². The van der Waals surface area contributed by atoms with Crippen LogP contribution in [0.5, 0.6) is 5.75 Å². The number of ether oxygens (including phenoxy) is 1. The number of halogens is 1. The molecule has 3 aromatic rings. The summed E-state index contributed by atoms with van der Waals surface area (Å²) in [5, 5.41) is 8.48. The van der Waals surface area contributed by atoms with Gasteiger partial charge in [0.2, 0.25) is 5.91 Å². The Morgan fingerprint density at radius 2 is 1.53 bits per heavy atom. The summed E-state index contributed by atoms with van der Waals surface area (Å²) < 4.78 is 18.4. The summed E-state index contributed by atoms with van der Waals surface area (Å²) in [4.78, 5) is 41.3. The molecule has 0 bridgehead atoms. The number of urea groups is 1. The number of piperazine rings is 1. The molecule has 1 saturated heterocycles. The Bertz CT molecular complexity index is 1290. The number of rotatable bonds is 7. The summed E-state index contributed by atoms with van der Waals surface area (Å²) in [6, 6.07) is 18.0. The Labute approximate surface area is 220 Å². The lowest BCUT2D eigenvalue weighted by Gasteiger charge is -2.37. The zero-order chi connectivity index (χ0) is 27.1. The van der Waals surface area contributed by atoms with E-state index in [1.165, 1.54) is 19.1 Å². The molecule has 3 N–H and O–H groups in total. The number of methoxy groups -OCH3 is 1. The third-order valence-electron chi connectivity index (χ3n) is 6.18. The van der Waals surface area contributed by atoms with Crippen LogP contribution < -0.4 is 25.6 Å². The lowest BCUT2D eigenvalue weighted by Crippen LogP contribution is -2.50. The number of anilines is 3. The molecule has 1 fully saturated rings. The van der Waals surface area contributed by atoms with Gasteiger partial charge in [0.1, 0.15) is 11.6 Å². The van der Waals surface area contributed by atoms with Crippen LogP contribution in [0.1, 0.15) is 22.8 Å². The van der Waals surface area contributed by atoms with Crippen LogP contribution in [0.3, 0.4) is 0 Å². The molecular formula is C28H30FN5O4. The van der Waals surface area contributed by atoms with E-state index < -0.39 is 0 Å². The van der Waals surface area contributed by atoms with E-state index in [-0.39, 0.29) is 30.2 Å². The van der Waals surface area contributed by atoms with Crippen LogP contribution in [-0.2, 0) is 11.3 Å². The minimum absolute atomic E-state index is 0.201. The van der Waals surface area contributed by atoms with Crippen LogP contribution >= 0.6 is 0 Å². The summed E-state index contributed by atoms with van der Waals surface area (Å²) in [7, 11) is 1.58. The van der Waals surface area contributed by atoms with Gasteiger partial charge >= 0.3 is 6.03 Å². The van der Waals surface area contributed by atoms with Crippen molar-refractivity contribution < 1.29 is 23.5 Å². The van der Waals surface area contributed by atoms with E-state index in [2.05, 4.69) is 16.0 Å². The Balaban J connectivity index is 1.43. The fourth-order valence-electron chi connectivity index (χ4n) is 4.18. The molecule has 10 heteroatoms. The third kappa shape index (κ3) is 6.78. The average Bonchev–Trinajstić information content (AvgIpc) is 2.92. The number of carbonyl (C=O) groups excluding carboxylic acids is 3. The van der Waals surface area contributed by atoms with Gasteiger partial charge in [-0.1, -0.05) is 12.1 Å². The first kappa shape index (κ1) is 26.5. The summed E-state index contributed by atoms with van der Waals surface area (Å²) in [5.41, 5.74) is 3.04.